The van der Waals surface area contributed by atoms with Crippen LogP contribution in [0, 0.1) is 12.8 Å². The number of H-pyrrole nitrogens is 1. The van der Waals surface area contributed by atoms with Crippen molar-refractivity contribution in [3.63, 3.8) is 0 Å². The first-order valence-corrected chi connectivity index (χ1v) is 8.69. The fraction of sp³-hybridized carbons (Fsp3) is 0.824. The van der Waals surface area contributed by atoms with Crippen LogP contribution >= 0.6 is 0 Å². The normalized spacial score (nSPS) is 28.5. The van der Waals surface area contributed by atoms with Crippen LogP contribution in [0.1, 0.15) is 43.5 Å². The molecule has 2 aliphatic heterocycles. The van der Waals surface area contributed by atoms with Crippen molar-refractivity contribution in [1.29, 1.82) is 0 Å². The van der Waals surface area contributed by atoms with Crippen molar-refractivity contribution in [3.05, 3.63) is 17.7 Å². The lowest BCUT2D eigenvalue weighted by molar-refractivity contribution is -0.0468. The first kappa shape index (κ1) is 14.7. The number of aromatic nitrogens is 2. The standard InChI is InChI=1S/C17H27N3O2/c1-13-16(19-12-18-13)9-20-6-4-17(5-7-20)8-15(11-22-17)21-10-14-2-3-14/h12,14-15H,2-11H2,1H3,(H,18,19). The Morgan fingerprint density at radius 3 is 2.91 bits per heavy atom. The number of ether oxygens (including phenoxy) is 2. The highest BCUT2D eigenvalue weighted by Crippen LogP contribution is 2.38. The molecule has 0 radical (unpaired) electrons. The summed E-state index contributed by atoms with van der Waals surface area (Å²) in [5.74, 6) is 0.843. The molecule has 1 aliphatic carbocycles. The van der Waals surface area contributed by atoms with E-state index in [1.807, 2.05) is 0 Å². The minimum atomic E-state index is 0.0886. The molecule has 0 bridgehead atoms. The Morgan fingerprint density at radius 2 is 2.23 bits per heavy atom. The molecule has 1 spiro atoms. The monoisotopic (exact) mass is 305 g/mol. The molecule has 22 heavy (non-hydrogen) atoms. The molecule has 3 aliphatic rings. The third kappa shape index (κ3) is 3.21. The molecule has 1 aromatic heterocycles. The highest BCUT2D eigenvalue weighted by molar-refractivity contribution is 5.08. The highest BCUT2D eigenvalue weighted by Gasteiger charge is 2.43. The molecule has 3 fully saturated rings. The van der Waals surface area contributed by atoms with Gasteiger partial charge in [-0.05, 0) is 38.5 Å². The SMILES string of the molecule is Cc1[nH]cnc1CN1CCC2(CC1)CC(OCC1CC1)CO2. The molecule has 4 rings (SSSR count). The number of hydrogen-bond donors (Lipinski definition) is 1. The number of nitrogens with zero attached hydrogens (tertiary/aromatic N) is 2. The molecule has 2 saturated heterocycles. The maximum atomic E-state index is 6.18. The molecular formula is C17H27N3O2. The summed E-state index contributed by atoms with van der Waals surface area (Å²) in [4.78, 5) is 10.1. The molecule has 1 saturated carbocycles. The molecule has 0 amide bonds. The number of nitrogens with one attached hydrogen (secondary N) is 1. The zero-order valence-electron chi connectivity index (χ0n) is 13.5. The van der Waals surface area contributed by atoms with Crippen molar-refractivity contribution >= 4 is 0 Å². The number of imidazole rings is 1. The first-order chi connectivity index (χ1) is 10.7. The fourth-order valence-electron chi connectivity index (χ4n) is 3.69. The Labute approximate surface area is 132 Å². The Balaban J connectivity index is 1.25. The molecule has 3 heterocycles. The van der Waals surface area contributed by atoms with Crippen LogP contribution in [0.15, 0.2) is 6.33 Å². The van der Waals surface area contributed by atoms with Crippen molar-refractivity contribution in [2.24, 2.45) is 5.92 Å². The summed E-state index contributed by atoms with van der Waals surface area (Å²) in [6, 6.07) is 0. The van der Waals surface area contributed by atoms with Crippen LogP contribution < -0.4 is 0 Å². The van der Waals surface area contributed by atoms with E-state index in [0.717, 1.165) is 58.0 Å². The highest BCUT2D eigenvalue weighted by atomic mass is 16.6. The van der Waals surface area contributed by atoms with Crippen LogP contribution in [0.25, 0.3) is 0 Å². The lowest BCUT2D eigenvalue weighted by atomic mass is 9.88. The topological polar surface area (TPSA) is 50.4 Å². The van der Waals surface area contributed by atoms with Crippen LogP contribution in [0.2, 0.25) is 0 Å². The van der Waals surface area contributed by atoms with Crippen LogP contribution in [-0.2, 0) is 16.0 Å². The number of hydrogen-bond acceptors (Lipinski definition) is 4. The molecule has 122 valence electrons. The summed E-state index contributed by atoms with van der Waals surface area (Å²) in [6.45, 7) is 6.99. The minimum absolute atomic E-state index is 0.0886. The molecule has 1 N–H and O–H groups in total. The molecular weight excluding hydrogens is 278 g/mol. The van der Waals surface area contributed by atoms with Gasteiger partial charge in [0.25, 0.3) is 0 Å². The van der Waals surface area contributed by atoms with E-state index >= 15 is 0 Å². The Kier molecular flexibility index (Phi) is 3.96. The largest absolute Gasteiger partial charge is 0.375 e. The predicted molar refractivity (Wildman–Crippen MR) is 83.6 cm³/mol. The summed E-state index contributed by atoms with van der Waals surface area (Å²) in [5.41, 5.74) is 2.45. The second kappa shape index (κ2) is 5.95. The van der Waals surface area contributed by atoms with Crippen molar-refractivity contribution in [2.75, 3.05) is 26.3 Å². The van der Waals surface area contributed by atoms with Gasteiger partial charge in [-0.3, -0.25) is 4.90 Å². The third-order valence-corrected chi connectivity index (χ3v) is 5.51. The summed E-state index contributed by atoms with van der Waals surface area (Å²) >= 11 is 0. The van der Waals surface area contributed by atoms with Gasteiger partial charge in [-0.15, -0.1) is 0 Å². The fourth-order valence-corrected chi connectivity index (χ4v) is 3.69. The lowest BCUT2D eigenvalue weighted by Crippen LogP contribution is -2.44. The van der Waals surface area contributed by atoms with Gasteiger partial charge in [0, 0.05) is 38.4 Å². The van der Waals surface area contributed by atoms with Crippen LogP contribution in [-0.4, -0.2) is 52.9 Å². The first-order valence-electron chi connectivity index (χ1n) is 8.69. The van der Waals surface area contributed by atoms with Crippen molar-refractivity contribution in [3.8, 4) is 0 Å². The number of aryl methyl sites for hydroxylation is 1. The number of likely N-dealkylation sites (tertiary alicyclic amines) is 1. The minimum Gasteiger partial charge on any atom is -0.375 e. The number of piperidine rings is 1. The smallest absolute Gasteiger partial charge is 0.0925 e. The van der Waals surface area contributed by atoms with Gasteiger partial charge in [-0.1, -0.05) is 0 Å². The van der Waals surface area contributed by atoms with Gasteiger partial charge in [-0.25, -0.2) is 4.98 Å². The van der Waals surface area contributed by atoms with E-state index < -0.39 is 0 Å². The second-order valence-corrected chi connectivity index (χ2v) is 7.35. The third-order valence-electron chi connectivity index (χ3n) is 5.51. The van der Waals surface area contributed by atoms with Gasteiger partial charge in [-0.2, -0.15) is 0 Å². The maximum Gasteiger partial charge on any atom is 0.0925 e. The zero-order valence-corrected chi connectivity index (χ0v) is 13.5. The number of aromatic amines is 1. The van der Waals surface area contributed by atoms with E-state index in [0.29, 0.717) is 6.10 Å². The van der Waals surface area contributed by atoms with E-state index in [9.17, 15) is 0 Å². The molecule has 5 nitrogen and oxygen atoms in total. The van der Waals surface area contributed by atoms with Gasteiger partial charge >= 0.3 is 0 Å². The average Bonchev–Trinajstić information content (AvgIpc) is 3.16. The average molecular weight is 305 g/mol. The molecule has 5 heteroatoms. The molecule has 0 aromatic carbocycles. The van der Waals surface area contributed by atoms with Gasteiger partial charge in [0.05, 0.1) is 30.3 Å². The molecule has 1 atom stereocenters. The summed E-state index contributed by atoms with van der Waals surface area (Å²) in [7, 11) is 0. The summed E-state index contributed by atoms with van der Waals surface area (Å²) in [5, 5.41) is 0. The van der Waals surface area contributed by atoms with Crippen LogP contribution in [0.5, 0.6) is 0 Å². The number of rotatable bonds is 5. The zero-order chi connectivity index (χ0) is 15.0. The van der Waals surface area contributed by atoms with E-state index in [4.69, 9.17) is 9.47 Å². The molecule has 1 aromatic rings. The predicted octanol–water partition coefficient (Wildman–Crippen LogP) is 2.27. The summed E-state index contributed by atoms with van der Waals surface area (Å²) < 4.78 is 12.2. The van der Waals surface area contributed by atoms with Crippen LogP contribution in [0.3, 0.4) is 0 Å². The van der Waals surface area contributed by atoms with E-state index in [1.54, 1.807) is 6.33 Å². The van der Waals surface area contributed by atoms with Gasteiger partial charge in [0.15, 0.2) is 0 Å². The molecule has 1 unspecified atom stereocenters. The van der Waals surface area contributed by atoms with E-state index in [2.05, 4.69) is 21.8 Å². The van der Waals surface area contributed by atoms with Crippen molar-refractivity contribution < 1.29 is 9.47 Å². The Bertz CT molecular complexity index is 504. The Morgan fingerprint density at radius 1 is 1.41 bits per heavy atom. The van der Waals surface area contributed by atoms with Gasteiger partial charge in [0.1, 0.15) is 0 Å². The maximum absolute atomic E-state index is 6.18. The van der Waals surface area contributed by atoms with Crippen molar-refractivity contribution in [2.45, 2.75) is 57.3 Å². The van der Waals surface area contributed by atoms with E-state index in [-0.39, 0.29) is 5.60 Å². The lowest BCUT2D eigenvalue weighted by Gasteiger charge is -2.38. The Hall–Kier alpha value is -0.910. The van der Waals surface area contributed by atoms with Gasteiger partial charge < -0.3 is 14.5 Å². The van der Waals surface area contributed by atoms with Crippen molar-refractivity contribution in [1.82, 2.24) is 14.9 Å². The summed E-state index contributed by atoms with van der Waals surface area (Å²) in [6.07, 6.45) is 8.19. The van der Waals surface area contributed by atoms with E-state index in [1.165, 1.54) is 24.2 Å². The quantitative estimate of drug-likeness (QED) is 0.906. The van der Waals surface area contributed by atoms with Gasteiger partial charge in [0.2, 0.25) is 0 Å². The second-order valence-electron chi connectivity index (χ2n) is 7.35. The van der Waals surface area contributed by atoms with Crippen LogP contribution in [0.4, 0.5) is 0 Å².